The molecule has 0 aliphatic rings. The van der Waals surface area contributed by atoms with Crippen LogP contribution in [-0.4, -0.2) is 44.6 Å². The maximum atomic E-state index is 12.3. The van der Waals surface area contributed by atoms with E-state index in [9.17, 15) is 8.42 Å². The van der Waals surface area contributed by atoms with Crippen LogP contribution in [0.3, 0.4) is 0 Å². The first-order valence-electron chi connectivity index (χ1n) is 6.68. The Balaban J connectivity index is 2.76. The molecule has 0 fully saturated rings. The lowest BCUT2D eigenvalue weighted by Gasteiger charge is -2.19. The molecule has 0 atom stereocenters. The predicted octanol–water partition coefficient (Wildman–Crippen LogP) is 1.72. The molecule has 0 heterocycles. The first-order chi connectivity index (χ1) is 9.37. The van der Waals surface area contributed by atoms with E-state index in [0.29, 0.717) is 25.3 Å². The van der Waals surface area contributed by atoms with Crippen LogP contribution in [0.5, 0.6) is 5.75 Å². The average Bonchev–Trinajstić information content (AvgIpc) is 2.39. The molecule has 0 saturated carbocycles. The van der Waals surface area contributed by atoms with Gasteiger partial charge in [0.15, 0.2) is 0 Å². The van der Waals surface area contributed by atoms with Gasteiger partial charge in [0, 0.05) is 26.6 Å². The largest absolute Gasteiger partial charge is 0.494 e. The maximum Gasteiger partial charge on any atom is 0.242 e. The topological polar surface area (TPSA) is 66.8 Å². The van der Waals surface area contributed by atoms with E-state index in [0.717, 1.165) is 0 Å². The molecule has 0 aliphatic heterocycles. The number of benzene rings is 1. The van der Waals surface area contributed by atoms with Gasteiger partial charge >= 0.3 is 0 Å². The molecule has 1 N–H and O–H groups in total. The van der Waals surface area contributed by atoms with Crippen LogP contribution in [0, 0.1) is 5.92 Å². The Morgan fingerprint density at radius 1 is 1.25 bits per heavy atom. The Morgan fingerprint density at radius 3 is 2.35 bits per heavy atom. The number of hydrogen-bond acceptors (Lipinski definition) is 4. The Hall–Kier alpha value is -1.11. The van der Waals surface area contributed by atoms with E-state index in [-0.39, 0.29) is 17.4 Å². The molecule has 0 radical (unpaired) electrons. The zero-order valence-corrected chi connectivity index (χ0v) is 13.1. The van der Waals surface area contributed by atoms with Gasteiger partial charge in [-0.1, -0.05) is 13.8 Å². The third-order valence-electron chi connectivity index (χ3n) is 2.73. The van der Waals surface area contributed by atoms with Crippen molar-refractivity contribution in [3.8, 4) is 5.75 Å². The van der Waals surface area contributed by atoms with Crippen molar-refractivity contribution in [1.82, 2.24) is 4.31 Å². The summed E-state index contributed by atoms with van der Waals surface area (Å²) in [4.78, 5) is 0.259. The second-order valence-electron chi connectivity index (χ2n) is 5.08. The van der Waals surface area contributed by atoms with Crippen molar-refractivity contribution in [2.24, 2.45) is 5.92 Å². The first kappa shape index (κ1) is 16.9. The molecular formula is C14H23NO4S. The van der Waals surface area contributed by atoms with E-state index in [4.69, 9.17) is 9.84 Å². The van der Waals surface area contributed by atoms with Crippen molar-refractivity contribution >= 4 is 10.0 Å². The Bertz CT molecular complexity index is 496. The van der Waals surface area contributed by atoms with Crippen molar-refractivity contribution in [2.45, 2.75) is 25.2 Å². The minimum atomic E-state index is -3.44. The molecule has 20 heavy (non-hydrogen) atoms. The van der Waals surface area contributed by atoms with E-state index < -0.39 is 10.0 Å². The third-order valence-corrected chi connectivity index (χ3v) is 4.56. The lowest BCUT2D eigenvalue weighted by Crippen LogP contribution is -2.30. The van der Waals surface area contributed by atoms with Gasteiger partial charge in [0.2, 0.25) is 10.0 Å². The second kappa shape index (κ2) is 7.61. The lowest BCUT2D eigenvalue weighted by atomic mass is 10.2. The van der Waals surface area contributed by atoms with Gasteiger partial charge in [-0.3, -0.25) is 0 Å². The summed E-state index contributed by atoms with van der Waals surface area (Å²) in [6.07, 6.45) is 0.553. The standard InChI is InChI=1S/C14H23NO4S/c1-12(2)11-15(3)20(17,18)14-7-5-13(6-8-14)19-10-4-9-16/h5-8,12,16H,4,9-11H2,1-3H3. The molecule has 1 rings (SSSR count). The van der Waals surface area contributed by atoms with Crippen LogP contribution in [0.4, 0.5) is 0 Å². The van der Waals surface area contributed by atoms with Crippen molar-refractivity contribution in [2.75, 3.05) is 26.8 Å². The van der Waals surface area contributed by atoms with Crippen LogP contribution < -0.4 is 4.74 Å². The molecular weight excluding hydrogens is 278 g/mol. The Morgan fingerprint density at radius 2 is 1.85 bits per heavy atom. The normalized spacial score (nSPS) is 12.1. The lowest BCUT2D eigenvalue weighted by molar-refractivity contribution is 0.233. The molecule has 0 aliphatic carbocycles. The summed E-state index contributed by atoms with van der Waals surface area (Å²) >= 11 is 0. The van der Waals surface area contributed by atoms with Crippen molar-refractivity contribution in [1.29, 1.82) is 0 Å². The van der Waals surface area contributed by atoms with E-state index in [1.54, 1.807) is 31.3 Å². The molecule has 0 unspecified atom stereocenters. The van der Waals surface area contributed by atoms with E-state index in [1.165, 1.54) is 4.31 Å². The summed E-state index contributed by atoms with van der Waals surface area (Å²) in [7, 11) is -1.85. The number of hydrogen-bond donors (Lipinski definition) is 1. The fourth-order valence-corrected chi connectivity index (χ4v) is 3.09. The molecule has 1 aromatic rings. The molecule has 0 aromatic heterocycles. The summed E-state index contributed by atoms with van der Waals surface area (Å²) in [5.74, 6) is 0.875. The highest BCUT2D eigenvalue weighted by atomic mass is 32.2. The van der Waals surface area contributed by atoms with Crippen LogP contribution >= 0.6 is 0 Å². The monoisotopic (exact) mass is 301 g/mol. The third kappa shape index (κ3) is 4.77. The van der Waals surface area contributed by atoms with Gasteiger partial charge in [-0.2, -0.15) is 0 Å². The molecule has 0 spiro atoms. The fourth-order valence-electron chi connectivity index (χ4n) is 1.75. The highest BCUT2D eigenvalue weighted by molar-refractivity contribution is 7.89. The van der Waals surface area contributed by atoms with E-state index in [2.05, 4.69) is 0 Å². The van der Waals surface area contributed by atoms with Gasteiger partial charge in [-0.05, 0) is 30.2 Å². The number of aliphatic hydroxyl groups excluding tert-OH is 1. The number of sulfonamides is 1. The van der Waals surface area contributed by atoms with E-state index >= 15 is 0 Å². The number of rotatable bonds is 8. The van der Waals surface area contributed by atoms with Crippen molar-refractivity contribution in [3.63, 3.8) is 0 Å². The van der Waals surface area contributed by atoms with Gasteiger partial charge in [0.05, 0.1) is 11.5 Å². The van der Waals surface area contributed by atoms with Gasteiger partial charge < -0.3 is 9.84 Å². The molecule has 0 bridgehead atoms. The molecule has 0 saturated heterocycles. The first-order valence-corrected chi connectivity index (χ1v) is 8.12. The molecule has 6 heteroatoms. The van der Waals surface area contributed by atoms with Gasteiger partial charge in [0.1, 0.15) is 5.75 Å². The molecule has 1 aromatic carbocycles. The van der Waals surface area contributed by atoms with Crippen LogP contribution in [0.1, 0.15) is 20.3 Å². The zero-order valence-electron chi connectivity index (χ0n) is 12.2. The van der Waals surface area contributed by atoms with Gasteiger partial charge in [0.25, 0.3) is 0 Å². The van der Waals surface area contributed by atoms with Crippen LogP contribution in [0.15, 0.2) is 29.2 Å². The molecule has 114 valence electrons. The minimum Gasteiger partial charge on any atom is -0.494 e. The van der Waals surface area contributed by atoms with E-state index in [1.807, 2.05) is 13.8 Å². The summed E-state index contributed by atoms with van der Waals surface area (Å²) in [5.41, 5.74) is 0. The Labute approximate surface area is 121 Å². The smallest absolute Gasteiger partial charge is 0.242 e. The quantitative estimate of drug-likeness (QED) is 0.743. The average molecular weight is 301 g/mol. The molecule has 5 nitrogen and oxygen atoms in total. The van der Waals surface area contributed by atoms with Crippen molar-refractivity contribution < 1.29 is 18.3 Å². The Kier molecular flexibility index (Phi) is 6.45. The fraction of sp³-hybridized carbons (Fsp3) is 0.571. The summed E-state index contributed by atoms with van der Waals surface area (Å²) in [6.45, 7) is 4.92. The molecule has 0 amide bonds. The number of nitrogens with zero attached hydrogens (tertiary/aromatic N) is 1. The van der Waals surface area contributed by atoms with Crippen LogP contribution in [-0.2, 0) is 10.0 Å². The highest BCUT2D eigenvalue weighted by Crippen LogP contribution is 2.19. The predicted molar refractivity (Wildman–Crippen MR) is 78.3 cm³/mol. The number of aliphatic hydroxyl groups is 1. The summed E-state index contributed by atoms with van der Waals surface area (Å²) in [6, 6.07) is 6.35. The number of ether oxygens (including phenoxy) is 1. The highest BCUT2D eigenvalue weighted by Gasteiger charge is 2.21. The van der Waals surface area contributed by atoms with Crippen LogP contribution in [0.25, 0.3) is 0 Å². The SMILES string of the molecule is CC(C)CN(C)S(=O)(=O)c1ccc(OCCCO)cc1. The minimum absolute atomic E-state index is 0.0759. The second-order valence-corrected chi connectivity index (χ2v) is 7.12. The van der Waals surface area contributed by atoms with Gasteiger partial charge in [-0.15, -0.1) is 0 Å². The summed E-state index contributed by atoms with van der Waals surface area (Å²) < 4.78 is 31.3. The van der Waals surface area contributed by atoms with Crippen molar-refractivity contribution in [3.05, 3.63) is 24.3 Å². The van der Waals surface area contributed by atoms with Crippen LogP contribution in [0.2, 0.25) is 0 Å². The maximum absolute atomic E-state index is 12.3. The zero-order chi connectivity index (χ0) is 15.2. The summed E-state index contributed by atoms with van der Waals surface area (Å²) in [5, 5.41) is 8.66. The van der Waals surface area contributed by atoms with Gasteiger partial charge in [-0.25, -0.2) is 12.7 Å².